The van der Waals surface area contributed by atoms with Gasteiger partial charge in [0.15, 0.2) is 0 Å². The molecule has 20 heavy (non-hydrogen) atoms. The standard InChI is InChI=1S/4CH2O2S.4Ba/c4*2-1(3)4;;;;/h4*(H2,2,3,4);;;;/q;;;;4*+2/p-8. The Morgan fingerprint density at radius 2 is 0.350 bits per heavy atom. The van der Waals surface area contributed by atoms with Crippen LogP contribution in [0.25, 0.3) is 0 Å². The summed E-state index contributed by atoms with van der Waals surface area (Å²) in [6, 6.07) is 0. The minimum absolute atomic E-state index is 0. The molecule has 0 heterocycles. The summed E-state index contributed by atoms with van der Waals surface area (Å²) in [6.07, 6.45) is 0. The number of hydrogen-bond donors (Lipinski definition) is 0. The van der Waals surface area contributed by atoms with Crippen molar-refractivity contribution in [1.29, 1.82) is 0 Å². The summed E-state index contributed by atoms with van der Waals surface area (Å²) in [5.41, 5.74) is 0. The predicted molar refractivity (Wildman–Crippen MR) is 73.4 cm³/mol. The third-order valence-corrected chi connectivity index (χ3v) is 0. The van der Waals surface area contributed by atoms with Crippen LogP contribution in [0.5, 0.6) is 0 Å². The molecule has 0 atom stereocenters. The molecule has 0 saturated heterocycles. The monoisotopic (exact) mass is 855 g/mol. The predicted octanol–water partition coefficient (Wildman–Crippen LogP) is -9.56. The zero-order valence-corrected chi connectivity index (χ0v) is 30.8. The van der Waals surface area contributed by atoms with E-state index in [0.717, 1.165) is 0 Å². The van der Waals surface area contributed by atoms with Crippen molar-refractivity contribution in [2.24, 2.45) is 0 Å². The molecule has 0 radical (unpaired) electrons. The van der Waals surface area contributed by atoms with Crippen LogP contribution in [-0.2, 0) is 0 Å². The molecule has 0 aromatic rings. The van der Waals surface area contributed by atoms with Crippen LogP contribution in [0.15, 0.2) is 0 Å². The first-order chi connectivity index (χ1) is 6.93. The Morgan fingerprint density at radius 3 is 0.350 bits per heavy atom. The van der Waals surface area contributed by atoms with E-state index in [1.54, 1.807) is 0 Å². The third-order valence-electron chi connectivity index (χ3n) is 0. The van der Waals surface area contributed by atoms with Crippen molar-refractivity contribution >= 4 is 265 Å². The van der Waals surface area contributed by atoms with E-state index in [0.29, 0.717) is 0 Å². The van der Waals surface area contributed by atoms with Gasteiger partial charge in [-0.05, 0) is 0 Å². The van der Waals surface area contributed by atoms with Gasteiger partial charge in [-0.3, -0.25) is 0 Å². The summed E-state index contributed by atoms with van der Waals surface area (Å²) in [5, 5.41) is 63.6. The van der Waals surface area contributed by atoms with Gasteiger partial charge >= 0.3 is 196 Å². The fraction of sp³-hybridized carbons (Fsp3) is 0. The maximum absolute atomic E-state index is 8.70. The van der Waals surface area contributed by atoms with Crippen LogP contribution >= 0.6 is 48.9 Å². The molecule has 0 spiro atoms. The summed E-state index contributed by atoms with van der Waals surface area (Å²) >= 11 is 13.7. The second-order valence-corrected chi connectivity index (χ2v) is 2.33. The van der Waals surface area contributed by atoms with E-state index in [4.69, 9.17) is 40.9 Å². The number of rotatable bonds is 0. The first-order valence-electron chi connectivity index (χ1n) is 2.45. The minimum Gasteiger partial charge on any atom is -0.876 e. The van der Waals surface area contributed by atoms with Crippen molar-refractivity contribution in [1.82, 2.24) is 0 Å². The van der Waals surface area contributed by atoms with E-state index in [1.165, 1.54) is 0 Å². The van der Waals surface area contributed by atoms with Crippen molar-refractivity contribution in [2.75, 3.05) is 0 Å². The molecule has 0 aliphatic carbocycles. The molecule has 16 heteroatoms. The molecule has 0 bridgehead atoms. The Balaban J connectivity index is -0.0000000150. The molecule has 0 rings (SSSR count). The summed E-state index contributed by atoms with van der Waals surface area (Å²) in [4.78, 5) is 0. The van der Waals surface area contributed by atoms with Crippen LogP contribution < -0.4 is 40.9 Å². The summed E-state index contributed by atoms with van der Waals surface area (Å²) in [6.45, 7) is 0. The Kier molecular flexibility index (Phi) is 110. The molecule has 0 saturated carbocycles. The summed E-state index contributed by atoms with van der Waals surface area (Å²) < 4.78 is 0. The maximum Gasteiger partial charge on any atom is 2.00 e. The number of thiocarbonyl (C=S) groups is 4. The molecule has 0 amide bonds. The largest absolute Gasteiger partial charge is 2.00 e. The van der Waals surface area contributed by atoms with Crippen molar-refractivity contribution in [2.45, 2.75) is 0 Å². The molecule has 0 unspecified atom stereocenters. The summed E-state index contributed by atoms with van der Waals surface area (Å²) in [5.74, 6) is 0. The second-order valence-electron chi connectivity index (χ2n) is 1.00. The zero-order valence-electron chi connectivity index (χ0n) is 9.73. The number of hydrogen-bond acceptors (Lipinski definition) is 12. The minimum atomic E-state index is -1.50. The maximum atomic E-state index is 8.70. The van der Waals surface area contributed by atoms with Gasteiger partial charge in [0.05, 0.1) is 0 Å². The Labute approximate surface area is 297 Å². The normalized spacial score (nSPS) is 4.80. The van der Waals surface area contributed by atoms with Gasteiger partial charge in [0.25, 0.3) is 0 Å². The van der Waals surface area contributed by atoms with Crippen LogP contribution in [0.4, 0.5) is 0 Å². The molecule has 0 aromatic carbocycles. The fourth-order valence-electron chi connectivity index (χ4n) is 0. The van der Waals surface area contributed by atoms with E-state index in [9.17, 15) is 0 Å². The van der Waals surface area contributed by atoms with Gasteiger partial charge in [-0.15, -0.1) is 69.8 Å². The van der Waals surface area contributed by atoms with Crippen molar-refractivity contribution < 1.29 is 40.9 Å². The van der Waals surface area contributed by atoms with Crippen molar-refractivity contribution in [3.05, 3.63) is 0 Å². The Bertz CT molecular complexity index is 179. The van der Waals surface area contributed by atoms with Crippen molar-refractivity contribution in [3.8, 4) is 0 Å². The molecule has 0 aliphatic rings. The molecule has 96 valence electrons. The van der Waals surface area contributed by atoms with Crippen LogP contribution in [0.2, 0.25) is 0 Å². The van der Waals surface area contributed by atoms with Gasteiger partial charge in [0, 0.05) is 0 Å². The first-order valence-corrected chi connectivity index (χ1v) is 4.08. The molecule has 0 fully saturated rings. The fourth-order valence-corrected chi connectivity index (χ4v) is 0. The third kappa shape index (κ3) is 440. The average Bonchev–Trinajstić information content (AvgIpc) is 1.76. The van der Waals surface area contributed by atoms with E-state index in [1.807, 2.05) is 0 Å². The molecule has 0 N–H and O–H groups in total. The topological polar surface area (TPSA) is 184 Å². The van der Waals surface area contributed by atoms with Crippen LogP contribution in [0.3, 0.4) is 0 Å². The molecule has 0 aromatic heterocycles. The van der Waals surface area contributed by atoms with Gasteiger partial charge < -0.3 is 40.9 Å². The van der Waals surface area contributed by atoms with Crippen LogP contribution in [0, 0.1) is 0 Å². The quantitative estimate of drug-likeness (QED) is 0.166. The first kappa shape index (κ1) is 49.8. The van der Waals surface area contributed by atoms with Crippen LogP contribution in [-0.4, -0.2) is 216 Å². The molecular formula is C4Ba4O8S4. The average molecular weight is 854 g/mol. The van der Waals surface area contributed by atoms with Crippen LogP contribution in [0.1, 0.15) is 0 Å². The molecular weight excluding hydrogens is 854 g/mol. The second kappa shape index (κ2) is 44.0. The molecule has 8 nitrogen and oxygen atoms in total. The van der Waals surface area contributed by atoms with Crippen molar-refractivity contribution in [3.63, 3.8) is 0 Å². The van der Waals surface area contributed by atoms with E-state index in [-0.39, 0.29) is 196 Å². The Morgan fingerprint density at radius 1 is 0.350 bits per heavy atom. The van der Waals surface area contributed by atoms with Gasteiger partial charge in [0.1, 0.15) is 0 Å². The zero-order chi connectivity index (χ0) is 14.3. The van der Waals surface area contributed by atoms with Gasteiger partial charge in [-0.1, -0.05) is 0 Å². The van der Waals surface area contributed by atoms with Gasteiger partial charge in [-0.25, -0.2) is 0 Å². The van der Waals surface area contributed by atoms with Gasteiger partial charge in [-0.2, -0.15) is 0 Å². The van der Waals surface area contributed by atoms with E-state index < -0.39 is 20.9 Å². The SMILES string of the molecule is [Ba+2].[Ba+2].[Ba+2].[Ba+2].[O-]C([O-])=S.[O-]C([O-])=S.[O-]C([O-])=S.[O-]C([O-])=S. The Hall–Kier alpha value is 5.05. The van der Waals surface area contributed by atoms with Gasteiger partial charge in [0.2, 0.25) is 0 Å². The smallest absolute Gasteiger partial charge is 0.876 e. The summed E-state index contributed by atoms with van der Waals surface area (Å²) in [7, 11) is 0. The molecule has 0 aliphatic heterocycles. The van der Waals surface area contributed by atoms with E-state index >= 15 is 0 Å². The van der Waals surface area contributed by atoms with E-state index in [2.05, 4.69) is 48.9 Å².